The lowest BCUT2D eigenvalue weighted by molar-refractivity contribution is -0.117. The van der Waals surface area contributed by atoms with Crippen LogP contribution < -0.4 is 10.2 Å². The van der Waals surface area contributed by atoms with Gasteiger partial charge in [0.25, 0.3) is 5.91 Å². The molecule has 1 fully saturated rings. The molecular formula is C19H20N2O2. The first-order valence-electron chi connectivity index (χ1n) is 7.84. The Hall–Kier alpha value is -2.62. The minimum atomic E-state index is -0.0753. The van der Waals surface area contributed by atoms with Gasteiger partial charge in [0, 0.05) is 36.7 Å². The van der Waals surface area contributed by atoms with Crippen molar-refractivity contribution in [1.82, 2.24) is 5.32 Å². The molecule has 0 radical (unpaired) electrons. The van der Waals surface area contributed by atoms with Gasteiger partial charge in [-0.25, -0.2) is 0 Å². The number of rotatable bonds is 4. The summed E-state index contributed by atoms with van der Waals surface area (Å²) in [4.78, 5) is 26.2. The van der Waals surface area contributed by atoms with Gasteiger partial charge in [-0.2, -0.15) is 0 Å². The largest absolute Gasteiger partial charge is 0.352 e. The maximum absolute atomic E-state index is 12.2. The van der Waals surface area contributed by atoms with Crippen LogP contribution in [0.25, 0.3) is 0 Å². The molecule has 1 heterocycles. The van der Waals surface area contributed by atoms with Crippen LogP contribution in [-0.4, -0.2) is 24.9 Å². The number of benzene rings is 2. The first-order chi connectivity index (χ1) is 11.1. The fraction of sp³-hybridized carbons (Fsp3) is 0.263. The topological polar surface area (TPSA) is 49.4 Å². The zero-order valence-electron chi connectivity index (χ0n) is 13.2. The predicted octanol–water partition coefficient (Wildman–Crippen LogP) is 2.78. The van der Waals surface area contributed by atoms with Crippen molar-refractivity contribution in [3.63, 3.8) is 0 Å². The minimum absolute atomic E-state index is 0.0753. The lowest BCUT2D eigenvalue weighted by Gasteiger charge is -2.17. The molecule has 23 heavy (non-hydrogen) atoms. The molecule has 0 aliphatic carbocycles. The Kier molecular flexibility index (Phi) is 4.42. The van der Waals surface area contributed by atoms with E-state index in [1.165, 1.54) is 0 Å². The lowest BCUT2D eigenvalue weighted by atomic mass is 10.1. The fourth-order valence-electron chi connectivity index (χ4n) is 2.94. The van der Waals surface area contributed by atoms with Crippen molar-refractivity contribution >= 4 is 17.5 Å². The van der Waals surface area contributed by atoms with Crippen molar-refractivity contribution in [2.24, 2.45) is 5.92 Å². The first kappa shape index (κ1) is 15.3. The molecule has 1 saturated heterocycles. The maximum atomic E-state index is 12.2. The van der Waals surface area contributed by atoms with E-state index in [9.17, 15) is 9.59 Å². The van der Waals surface area contributed by atoms with Gasteiger partial charge in [-0.1, -0.05) is 36.4 Å². The van der Waals surface area contributed by atoms with E-state index in [1.807, 2.05) is 61.5 Å². The zero-order valence-corrected chi connectivity index (χ0v) is 13.2. The second-order valence-electron chi connectivity index (χ2n) is 5.93. The summed E-state index contributed by atoms with van der Waals surface area (Å²) in [6, 6.07) is 17.2. The van der Waals surface area contributed by atoms with Crippen molar-refractivity contribution in [2.45, 2.75) is 13.3 Å². The predicted molar refractivity (Wildman–Crippen MR) is 90.4 cm³/mol. The SMILES string of the molecule is Cc1ccccc1C(=O)NC[C@H]1CC(=O)N(c2ccccc2)C1. The molecule has 4 heteroatoms. The Morgan fingerprint density at radius 1 is 1.13 bits per heavy atom. The summed E-state index contributed by atoms with van der Waals surface area (Å²) in [5, 5.41) is 2.96. The van der Waals surface area contributed by atoms with E-state index in [4.69, 9.17) is 0 Å². The molecule has 0 bridgehead atoms. The molecule has 0 saturated carbocycles. The molecule has 1 atom stereocenters. The highest BCUT2D eigenvalue weighted by Gasteiger charge is 2.30. The highest BCUT2D eigenvalue weighted by molar-refractivity contribution is 5.97. The van der Waals surface area contributed by atoms with Gasteiger partial charge in [-0.3, -0.25) is 9.59 Å². The van der Waals surface area contributed by atoms with Crippen molar-refractivity contribution in [1.29, 1.82) is 0 Å². The summed E-state index contributed by atoms with van der Waals surface area (Å²) in [5.41, 5.74) is 2.57. The highest BCUT2D eigenvalue weighted by Crippen LogP contribution is 2.24. The summed E-state index contributed by atoms with van der Waals surface area (Å²) in [5.74, 6) is 0.190. The number of hydrogen-bond acceptors (Lipinski definition) is 2. The Morgan fingerprint density at radius 2 is 1.83 bits per heavy atom. The van der Waals surface area contributed by atoms with Gasteiger partial charge in [-0.05, 0) is 30.7 Å². The van der Waals surface area contributed by atoms with E-state index in [2.05, 4.69) is 5.32 Å². The zero-order chi connectivity index (χ0) is 16.2. The smallest absolute Gasteiger partial charge is 0.251 e. The van der Waals surface area contributed by atoms with E-state index in [0.717, 1.165) is 11.3 Å². The Bertz CT molecular complexity index is 712. The van der Waals surface area contributed by atoms with E-state index in [0.29, 0.717) is 25.1 Å². The van der Waals surface area contributed by atoms with Crippen LogP contribution in [0.4, 0.5) is 5.69 Å². The third-order valence-electron chi connectivity index (χ3n) is 4.21. The van der Waals surface area contributed by atoms with Crippen LogP contribution >= 0.6 is 0 Å². The summed E-state index contributed by atoms with van der Waals surface area (Å²) >= 11 is 0. The first-order valence-corrected chi connectivity index (χ1v) is 7.84. The summed E-state index contributed by atoms with van der Waals surface area (Å²) in [7, 11) is 0. The van der Waals surface area contributed by atoms with Crippen molar-refractivity contribution in [3.8, 4) is 0 Å². The van der Waals surface area contributed by atoms with Gasteiger partial charge in [-0.15, -0.1) is 0 Å². The van der Waals surface area contributed by atoms with E-state index in [1.54, 1.807) is 4.90 Å². The average molecular weight is 308 g/mol. The molecule has 0 aromatic heterocycles. The summed E-state index contributed by atoms with van der Waals surface area (Å²) in [6.45, 7) is 3.09. The van der Waals surface area contributed by atoms with Crippen LogP contribution in [0.2, 0.25) is 0 Å². The third kappa shape index (κ3) is 3.42. The van der Waals surface area contributed by atoms with Crippen molar-refractivity contribution in [3.05, 3.63) is 65.7 Å². The standard InChI is InChI=1S/C19H20N2O2/c1-14-7-5-6-10-17(14)19(23)20-12-15-11-18(22)21(13-15)16-8-3-2-4-9-16/h2-10,15H,11-13H2,1H3,(H,20,23)/t15-/m1/s1. The number of anilines is 1. The van der Waals surface area contributed by atoms with Gasteiger partial charge in [0.1, 0.15) is 0 Å². The molecule has 3 rings (SSSR count). The molecule has 1 aliphatic heterocycles. The van der Waals surface area contributed by atoms with Crippen LogP contribution in [0.15, 0.2) is 54.6 Å². The molecule has 1 aliphatic rings. The molecule has 2 amide bonds. The highest BCUT2D eigenvalue weighted by atomic mass is 16.2. The van der Waals surface area contributed by atoms with Crippen LogP contribution in [0.1, 0.15) is 22.3 Å². The molecule has 4 nitrogen and oxygen atoms in total. The van der Waals surface area contributed by atoms with Crippen LogP contribution in [0, 0.1) is 12.8 Å². The van der Waals surface area contributed by atoms with Crippen molar-refractivity contribution < 1.29 is 9.59 Å². The number of carbonyl (C=O) groups excluding carboxylic acids is 2. The Balaban J connectivity index is 1.59. The average Bonchev–Trinajstić information content (AvgIpc) is 2.95. The van der Waals surface area contributed by atoms with Crippen LogP contribution in [0.5, 0.6) is 0 Å². The number of aryl methyl sites for hydroxylation is 1. The third-order valence-corrected chi connectivity index (χ3v) is 4.21. The van der Waals surface area contributed by atoms with Crippen LogP contribution in [-0.2, 0) is 4.79 Å². The van der Waals surface area contributed by atoms with Gasteiger partial charge in [0.05, 0.1) is 0 Å². The number of carbonyl (C=O) groups is 2. The second kappa shape index (κ2) is 6.65. The normalized spacial score (nSPS) is 17.3. The number of nitrogens with one attached hydrogen (secondary N) is 1. The monoisotopic (exact) mass is 308 g/mol. The molecule has 2 aromatic carbocycles. The molecule has 0 spiro atoms. The molecule has 2 aromatic rings. The Morgan fingerprint density at radius 3 is 2.57 bits per heavy atom. The minimum Gasteiger partial charge on any atom is -0.352 e. The van der Waals surface area contributed by atoms with Crippen molar-refractivity contribution in [2.75, 3.05) is 18.0 Å². The number of amides is 2. The molecule has 1 N–H and O–H groups in total. The number of hydrogen-bond donors (Lipinski definition) is 1. The second-order valence-corrected chi connectivity index (χ2v) is 5.93. The summed E-state index contributed by atoms with van der Waals surface area (Å²) in [6.07, 6.45) is 0.475. The number of nitrogens with zero attached hydrogens (tertiary/aromatic N) is 1. The van der Waals surface area contributed by atoms with Gasteiger partial charge >= 0.3 is 0 Å². The maximum Gasteiger partial charge on any atom is 0.251 e. The van der Waals surface area contributed by atoms with E-state index >= 15 is 0 Å². The number of para-hydroxylation sites is 1. The van der Waals surface area contributed by atoms with E-state index < -0.39 is 0 Å². The van der Waals surface area contributed by atoms with Gasteiger partial charge < -0.3 is 10.2 Å². The fourth-order valence-corrected chi connectivity index (χ4v) is 2.94. The summed E-state index contributed by atoms with van der Waals surface area (Å²) < 4.78 is 0. The van der Waals surface area contributed by atoms with E-state index in [-0.39, 0.29) is 17.7 Å². The van der Waals surface area contributed by atoms with Crippen LogP contribution in [0.3, 0.4) is 0 Å². The molecule has 118 valence electrons. The van der Waals surface area contributed by atoms with Gasteiger partial charge in [0.2, 0.25) is 5.91 Å². The lowest BCUT2D eigenvalue weighted by Crippen LogP contribution is -2.31. The molecule has 0 unspecified atom stereocenters. The Labute approximate surface area is 136 Å². The molecular weight excluding hydrogens is 288 g/mol. The quantitative estimate of drug-likeness (QED) is 0.944. The van der Waals surface area contributed by atoms with Gasteiger partial charge in [0.15, 0.2) is 0 Å².